The van der Waals surface area contributed by atoms with E-state index in [1.54, 1.807) is 19.2 Å². The molecule has 22 heavy (non-hydrogen) atoms. The van der Waals surface area contributed by atoms with Gasteiger partial charge in [-0.25, -0.2) is 0 Å². The Labute approximate surface area is 128 Å². The van der Waals surface area contributed by atoms with Gasteiger partial charge in [-0.15, -0.1) is 0 Å². The zero-order valence-corrected chi connectivity index (χ0v) is 12.3. The summed E-state index contributed by atoms with van der Waals surface area (Å²) in [5, 5.41) is 23.8. The zero-order valence-electron chi connectivity index (χ0n) is 12.3. The number of rotatable bonds is 1. The molecular formula is C18H17NO3. The van der Waals surface area contributed by atoms with Crippen LogP contribution in [0, 0.1) is 5.41 Å². The maximum atomic E-state index is 9.75. The first kappa shape index (κ1) is 13.2. The molecule has 1 atom stereocenters. The van der Waals surface area contributed by atoms with Crippen molar-refractivity contribution in [2.75, 3.05) is 7.11 Å². The molecule has 1 spiro atoms. The van der Waals surface area contributed by atoms with Crippen molar-refractivity contribution >= 4 is 5.71 Å². The summed E-state index contributed by atoms with van der Waals surface area (Å²) in [5.41, 5.74) is 5.38. The Balaban J connectivity index is 1.82. The fraction of sp³-hybridized carbons (Fsp3) is 0.278. The predicted molar refractivity (Wildman–Crippen MR) is 83.3 cm³/mol. The minimum Gasteiger partial charge on any atom is -0.508 e. The molecule has 2 aromatic carbocycles. The van der Waals surface area contributed by atoms with E-state index < -0.39 is 0 Å². The number of aromatic hydroxyl groups is 2. The number of fused-ring (bicyclic) bond motifs is 2. The average molecular weight is 295 g/mol. The fourth-order valence-electron chi connectivity index (χ4n) is 3.96. The standard InChI is InChI=1S/C18H17NO3/c1-22-19-17-16-5-4-15(21)7-13(16)10-18(17)8-11-2-3-14(20)6-12(11)9-18/h2-7,20-21H,8-10H2,1H3/b19-17+. The minimum absolute atomic E-state index is 0.137. The van der Waals surface area contributed by atoms with Crippen molar-refractivity contribution in [2.45, 2.75) is 19.3 Å². The van der Waals surface area contributed by atoms with E-state index in [1.807, 2.05) is 24.3 Å². The van der Waals surface area contributed by atoms with Crippen LogP contribution in [0.25, 0.3) is 0 Å². The SMILES string of the molecule is CO/N=C1\c2ccc(O)cc2CC12Cc1ccc(O)cc1C2. The van der Waals surface area contributed by atoms with Gasteiger partial charge in [0.25, 0.3) is 0 Å². The van der Waals surface area contributed by atoms with Crippen LogP contribution < -0.4 is 0 Å². The summed E-state index contributed by atoms with van der Waals surface area (Å²) in [4.78, 5) is 5.10. The third-order valence-corrected chi connectivity index (χ3v) is 4.81. The first-order valence-electron chi connectivity index (χ1n) is 7.36. The highest BCUT2D eigenvalue weighted by atomic mass is 16.6. The fourth-order valence-corrected chi connectivity index (χ4v) is 3.96. The lowest BCUT2D eigenvalue weighted by Gasteiger charge is -2.23. The van der Waals surface area contributed by atoms with Crippen LogP contribution in [-0.2, 0) is 24.1 Å². The monoisotopic (exact) mass is 295 g/mol. The van der Waals surface area contributed by atoms with Crippen LogP contribution in [0.4, 0.5) is 0 Å². The van der Waals surface area contributed by atoms with E-state index in [-0.39, 0.29) is 11.2 Å². The Bertz CT molecular complexity index is 793. The molecule has 0 heterocycles. The van der Waals surface area contributed by atoms with Crippen LogP contribution in [0.3, 0.4) is 0 Å². The van der Waals surface area contributed by atoms with Crippen molar-refractivity contribution in [3.05, 3.63) is 58.7 Å². The normalized spacial score (nSPS) is 23.8. The molecule has 0 amide bonds. The smallest absolute Gasteiger partial charge is 0.115 e. The topological polar surface area (TPSA) is 62.0 Å². The van der Waals surface area contributed by atoms with Gasteiger partial charge in [0.1, 0.15) is 18.6 Å². The number of oxime groups is 1. The molecule has 0 bridgehead atoms. The lowest BCUT2D eigenvalue weighted by atomic mass is 9.80. The minimum atomic E-state index is -0.137. The molecule has 1 unspecified atom stereocenters. The summed E-state index contributed by atoms with van der Waals surface area (Å²) in [6.07, 6.45) is 2.53. The molecule has 0 aromatic heterocycles. The van der Waals surface area contributed by atoms with Gasteiger partial charge < -0.3 is 15.1 Å². The Morgan fingerprint density at radius 3 is 2.32 bits per heavy atom. The maximum absolute atomic E-state index is 9.75. The van der Waals surface area contributed by atoms with Crippen molar-refractivity contribution < 1.29 is 15.1 Å². The van der Waals surface area contributed by atoms with Crippen LogP contribution >= 0.6 is 0 Å². The molecule has 112 valence electrons. The molecule has 2 N–H and O–H groups in total. The van der Waals surface area contributed by atoms with E-state index in [9.17, 15) is 10.2 Å². The lowest BCUT2D eigenvalue weighted by molar-refractivity contribution is 0.208. The second-order valence-corrected chi connectivity index (χ2v) is 6.23. The number of phenols is 2. The van der Waals surface area contributed by atoms with Crippen molar-refractivity contribution in [2.24, 2.45) is 10.6 Å². The number of phenolic OH excluding ortho intramolecular Hbond substituents is 2. The van der Waals surface area contributed by atoms with Crippen molar-refractivity contribution in [3.63, 3.8) is 0 Å². The number of hydrogen-bond donors (Lipinski definition) is 2. The molecule has 4 nitrogen and oxygen atoms in total. The quantitative estimate of drug-likeness (QED) is 0.795. The Kier molecular flexibility index (Phi) is 2.70. The molecule has 0 saturated carbocycles. The van der Waals surface area contributed by atoms with Crippen LogP contribution in [-0.4, -0.2) is 23.0 Å². The molecule has 2 aliphatic rings. The first-order chi connectivity index (χ1) is 10.6. The summed E-state index contributed by atoms with van der Waals surface area (Å²) in [5.74, 6) is 0.579. The summed E-state index contributed by atoms with van der Waals surface area (Å²) in [6.45, 7) is 0. The van der Waals surface area contributed by atoms with Gasteiger partial charge in [0.05, 0.1) is 5.71 Å². The van der Waals surface area contributed by atoms with E-state index in [0.29, 0.717) is 5.75 Å². The second kappa shape index (κ2) is 4.50. The largest absolute Gasteiger partial charge is 0.508 e. The van der Waals surface area contributed by atoms with Crippen molar-refractivity contribution in [1.82, 2.24) is 0 Å². The average Bonchev–Trinajstić information content (AvgIpc) is 2.96. The highest BCUT2D eigenvalue weighted by Crippen LogP contribution is 2.48. The Morgan fingerprint density at radius 1 is 0.909 bits per heavy atom. The summed E-state index contributed by atoms with van der Waals surface area (Å²) < 4.78 is 0. The van der Waals surface area contributed by atoms with Crippen LogP contribution in [0.5, 0.6) is 11.5 Å². The Hall–Kier alpha value is -2.49. The highest BCUT2D eigenvalue weighted by molar-refractivity contribution is 6.09. The summed E-state index contributed by atoms with van der Waals surface area (Å²) in [7, 11) is 1.56. The summed E-state index contributed by atoms with van der Waals surface area (Å²) >= 11 is 0. The maximum Gasteiger partial charge on any atom is 0.115 e. The van der Waals surface area contributed by atoms with Crippen LogP contribution in [0.2, 0.25) is 0 Å². The van der Waals surface area contributed by atoms with Gasteiger partial charge in [-0.3, -0.25) is 0 Å². The first-order valence-corrected chi connectivity index (χ1v) is 7.36. The third-order valence-electron chi connectivity index (χ3n) is 4.81. The lowest BCUT2D eigenvalue weighted by Crippen LogP contribution is -2.29. The van der Waals surface area contributed by atoms with E-state index >= 15 is 0 Å². The van der Waals surface area contributed by atoms with E-state index in [2.05, 4.69) is 5.16 Å². The molecule has 2 aromatic rings. The van der Waals surface area contributed by atoms with E-state index in [4.69, 9.17) is 4.84 Å². The molecule has 0 radical (unpaired) electrons. The van der Waals surface area contributed by atoms with Crippen LogP contribution in [0.1, 0.15) is 22.3 Å². The van der Waals surface area contributed by atoms with Crippen LogP contribution in [0.15, 0.2) is 41.6 Å². The van der Waals surface area contributed by atoms with Gasteiger partial charge >= 0.3 is 0 Å². The third kappa shape index (κ3) is 1.80. The predicted octanol–water partition coefficient (Wildman–Crippen LogP) is 2.79. The number of hydrogen-bond acceptors (Lipinski definition) is 4. The zero-order chi connectivity index (χ0) is 15.3. The molecular weight excluding hydrogens is 278 g/mol. The van der Waals surface area contributed by atoms with Crippen molar-refractivity contribution in [1.29, 1.82) is 0 Å². The van der Waals surface area contributed by atoms with Crippen molar-refractivity contribution in [3.8, 4) is 11.5 Å². The second-order valence-electron chi connectivity index (χ2n) is 6.23. The molecule has 4 heteroatoms. The van der Waals surface area contributed by atoms with Gasteiger partial charge in [-0.05, 0) is 66.3 Å². The molecule has 2 aliphatic carbocycles. The van der Waals surface area contributed by atoms with Gasteiger partial charge in [0.2, 0.25) is 0 Å². The molecule has 0 aliphatic heterocycles. The summed E-state index contributed by atoms with van der Waals surface area (Å²) in [6, 6.07) is 11.0. The number of nitrogens with zero attached hydrogens (tertiary/aromatic N) is 1. The molecule has 4 rings (SSSR count). The number of benzene rings is 2. The van der Waals surface area contributed by atoms with Gasteiger partial charge in [0, 0.05) is 11.0 Å². The van der Waals surface area contributed by atoms with E-state index in [0.717, 1.165) is 36.1 Å². The van der Waals surface area contributed by atoms with Gasteiger partial charge in [-0.1, -0.05) is 11.2 Å². The highest BCUT2D eigenvalue weighted by Gasteiger charge is 2.48. The van der Waals surface area contributed by atoms with E-state index in [1.165, 1.54) is 11.1 Å². The molecule has 0 saturated heterocycles. The molecule has 0 fully saturated rings. The van der Waals surface area contributed by atoms with Gasteiger partial charge in [-0.2, -0.15) is 0 Å². The van der Waals surface area contributed by atoms with Gasteiger partial charge in [0.15, 0.2) is 0 Å². The Morgan fingerprint density at radius 2 is 1.55 bits per heavy atom.